The van der Waals surface area contributed by atoms with Gasteiger partial charge in [-0.3, -0.25) is 4.79 Å². The van der Waals surface area contributed by atoms with Crippen LogP contribution in [0.2, 0.25) is 0 Å². The van der Waals surface area contributed by atoms with Crippen molar-refractivity contribution in [1.82, 2.24) is 10.3 Å². The number of rotatable bonds is 6. The van der Waals surface area contributed by atoms with Crippen LogP contribution in [0.25, 0.3) is 22.4 Å². The summed E-state index contributed by atoms with van der Waals surface area (Å²) < 4.78 is 10.8. The topological polar surface area (TPSA) is 105 Å². The van der Waals surface area contributed by atoms with Gasteiger partial charge in [-0.15, -0.1) is 0 Å². The normalized spacial score (nSPS) is 14.0. The van der Waals surface area contributed by atoms with Crippen molar-refractivity contribution in [2.24, 2.45) is 5.92 Å². The molecule has 154 valence electrons. The molecule has 0 saturated carbocycles. The van der Waals surface area contributed by atoms with Crippen molar-refractivity contribution < 1.29 is 18.7 Å². The van der Waals surface area contributed by atoms with E-state index >= 15 is 0 Å². The van der Waals surface area contributed by atoms with Gasteiger partial charge in [-0.25, -0.2) is 9.78 Å². The first-order chi connectivity index (χ1) is 14.2. The number of para-hydroxylation sites is 1. The summed E-state index contributed by atoms with van der Waals surface area (Å²) in [6, 6.07) is 14.3. The third-order valence-corrected chi connectivity index (χ3v) is 5.13. The molecule has 3 rings (SSSR count). The average molecular weight is 405 g/mol. The first kappa shape index (κ1) is 21.1. The van der Waals surface area contributed by atoms with Crippen LogP contribution in [0.15, 0.2) is 53.1 Å². The molecule has 30 heavy (non-hydrogen) atoms. The number of hydrogen-bond donors (Lipinski definition) is 1. The Morgan fingerprint density at radius 3 is 2.57 bits per heavy atom. The number of furan rings is 1. The average Bonchev–Trinajstić information content (AvgIpc) is 3.27. The Bertz CT molecular complexity index is 1120. The fraction of sp³-hybridized carbons (Fsp3) is 0.304. The number of amides is 1. The van der Waals surface area contributed by atoms with Gasteiger partial charge in [0.1, 0.15) is 11.2 Å². The molecule has 0 radical (unpaired) electrons. The van der Waals surface area contributed by atoms with Gasteiger partial charge in [0.15, 0.2) is 11.9 Å². The maximum absolute atomic E-state index is 12.9. The Labute approximate surface area is 174 Å². The lowest BCUT2D eigenvalue weighted by atomic mass is 9.90. The summed E-state index contributed by atoms with van der Waals surface area (Å²) in [5.74, 6) is -0.797. The molecule has 0 fully saturated rings. The Kier molecular flexibility index (Phi) is 5.88. The molecule has 1 amide bonds. The second-order valence-electron chi connectivity index (χ2n) is 7.56. The molecule has 2 aromatic heterocycles. The molecule has 0 spiro atoms. The number of nitrogens with one attached hydrogen (secondary N) is 1. The molecule has 7 heteroatoms. The number of carbonyl (C=O) groups excluding carboxylic acids is 2. The number of nitriles is 1. The summed E-state index contributed by atoms with van der Waals surface area (Å²) in [6.07, 6.45) is 0.445. The third-order valence-electron chi connectivity index (χ3n) is 5.13. The highest BCUT2D eigenvalue weighted by Crippen LogP contribution is 2.26. The van der Waals surface area contributed by atoms with Crippen LogP contribution in [-0.2, 0) is 9.53 Å². The molecule has 0 aliphatic heterocycles. The van der Waals surface area contributed by atoms with Crippen molar-refractivity contribution in [3.05, 3.63) is 54.3 Å². The third kappa shape index (κ3) is 4.18. The van der Waals surface area contributed by atoms with Gasteiger partial charge in [-0.2, -0.15) is 5.26 Å². The second-order valence-corrected chi connectivity index (χ2v) is 7.56. The smallest absolute Gasteiger partial charge is 0.339 e. The van der Waals surface area contributed by atoms with E-state index < -0.39 is 23.5 Å². The number of benzene rings is 1. The van der Waals surface area contributed by atoms with Crippen LogP contribution in [0.1, 0.15) is 38.1 Å². The van der Waals surface area contributed by atoms with Crippen molar-refractivity contribution in [2.75, 3.05) is 0 Å². The molecule has 0 aliphatic carbocycles. The fourth-order valence-corrected chi connectivity index (χ4v) is 2.83. The van der Waals surface area contributed by atoms with Gasteiger partial charge >= 0.3 is 5.97 Å². The molecule has 3 aromatic rings. The van der Waals surface area contributed by atoms with Gasteiger partial charge in [-0.05, 0) is 44.0 Å². The molecule has 0 bridgehead atoms. The molecule has 1 aromatic carbocycles. The molecular weight excluding hydrogens is 382 g/mol. The van der Waals surface area contributed by atoms with Gasteiger partial charge in [0.2, 0.25) is 0 Å². The highest BCUT2D eigenvalue weighted by atomic mass is 16.5. The van der Waals surface area contributed by atoms with E-state index in [1.807, 2.05) is 19.9 Å². The fourth-order valence-electron chi connectivity index (χ4n) is 2.83. The highest BCUT2D eigenvalue weighted by Gasteiger charge is 2.33. The van der Waals surface area contributed by atoms with Crippen LogP contribution in [0, 0.1) is 17.2 Å². The van der Waals surface area contributed by atoms with Crippen LogP contribution in [0.4, 0.5) is 0 Å². The predicted octanol–water partition coefficient (Wildman–Crippen LogP) is 4.09. The zero-order chi connectivity index (χ0) is 21.9. The Morgan fingerprint density at radius 2 is 1.93 bits per heavy atom. The molecule has 2 atom stereocenters. The Hall–Kier alpha value is -3.66. The molecular formula is C23H23N3O4. The lowest BCUT2D eigenvalue weighted by Crippen LogP contribution is -2.52. The standard InChI is InChI=1S/C23H23N3O4/c1-14(2)23(4,13-24)26-21(27)15(3)30-22(28)17-12-19(20-10-7-11-29-20)25-18-9-6-5-8-16(17)18/h5-12,14-15H,1-4H3,(H,26,27)/t15-,23-/m1/s1. The first-order valence-electron chi connectivity index (χ1n) is 9.63. The van der Waals surface area contributed by atoms with Crippen LogP contribution in [-0.4, -0.2) is 28.5 Å². The van der Waals surface area contributed by atoms with E-state index in [0.29, 0.717) is 22.4 Å². The highest BCUT2D eigenvalue weighted by molar-refractivity contribution is 6.05. The summed E-state index contributed by atoms with van der Waals surface area (Å²) in [5, 5.41) is 12.7. The summed E-state index contributed by atoms with van der Waals surface area (Å²) in [5.41, 5.74) is 0.304. The monoisotopic (exact) mass is 405 g/mol. The lowest BCUT2D eigenvalue weighted by molar-refractivity contribution is -0.130. The molecule has 0 unspecified atom stereocenters. The first-order valence-corrected chi connectivity index (χ1v) is 9.63. The van der Waals surface area contributed by atoms with E-state index in [2.05, 4.69) is 16.4 Å². The number of esters is 1. The van der Waals surface area contributed by atoms with E-state index in [1.54, 1.807) is 43.3 Å². The van der Waals surface area contributed by atoms with E-state index in [4.69, 9.17) is 9.15 Å². The van der Waals surface area contributed by atoms with Crippen molar-refractivity contribution in [1.29, 1.82) is 5.26 Å². The zero-order valence-corrected chi connectivity index (χ0v) is 17.3. The minimum Gasteiger partial charge on any atom is -0.463 e. The van der Waals surface area contributed by atoms with E-state index in [0.717, 1.165) is 0 Å². The second kappa shape index (κ2) is 8.37. The van der Waals surface area contributed by atoms with Crippen LogP contribution >= 0.6 is 0 Å². The number of ether oxygens (including phenoxy) is 1. The molecule has 2 heterocycles. The largest absolute Gasteiger partial charge is 0.463 e. The van der Waals surface area contributed by atoms with Gasteiger partial charge in [0.25, 0.3) is 5.91 Å². The van der Waals surface area contributed by atoms with Gasteiger partial charge in [0, 0.05) is 5.39 Å². The van der Waals surface area contributed by atoms with Crippen LogP contribution in [0.3, 0.4) is 0 Å². The minimum atomic E-state index is -1.08. The summed E-state index contributed by atoms with van der Waals surface area (Å²) >= 11 is 0. The van der Waals surface area contributed by atoms with E-state index in [1.165, 1.54) is 13.2 Å². The quantitative estimate of drug-likeness (QED) is 0.619. The summed E-state index contributed by atoms with van der Waals surface area (Å²) in [7, 11) is 0. The van der Waals surface area contributed by atoms with Crippen LogP contribution < -0.4 is 5.32 Å². The van der Waals surface area contributed by atoms with Gasteiger partial charge in [0.05, 0.1) is 23.4 Å². The molecule has 7 nitrogen and oxygen atoms in total. The molecule has 0 aliphatic rings. The van der Waals surface area contributed by atoms with Crippen molar-refractivity contribution in [3.8, 4) is 17.5 Å². The number of carbonyl (C=O) groups is 2. The summed E-state index contributed by atoms with van der Waals surface area (Å²) in [4.78, 5) is 30.0. The zero-order valence-electron chi connectivity index (χ0n) is 17.3. The van der Waals surface area contributed by atoms with Crippen molar-refractivity contribution >= 4 is 22.8 Å². The van der Waals surface area contributed by atoms with Gasteiger partial charge in [-0.1, -0.05) is 32.0 Å². The summed E-state index contributed by atoms with van der Waals surface area (Å²) in [6.45, 7) is 6.77. The van der Waals surface area contributed by atoms with Gasteiger partial charge < -0.3 is 14.5 Å². The van der Waals surface area contributed by atoms with Crippen molar-refractivity contribution in [3.63, 3.8) is 0 Å². The maximum atomic E-state index is 12.9. The molecule has 0 saturated heterocycles. The SMILES string of the molecule is CC(C)[C@@](C)(C#N)NC(=O)[C@@H](C)OC(=O)c1cc(-c2ccco2)nc2ccccc12. The Morgan fingerprint density at radius 1 is 1.20 bits per heavy atom. The van der Waals surface area contributed by atoms with Crippen molar-refractivity contribution in [2.45, 2.75) is 39.3 Å². The maximum Gasteiger partial charge on any atom is 0.339 e. The number of hydrogen-bond acceptors (Lipinski definition) is 6. The lowest BCUT2D eigenvalue weighted by Gasteiger charge is -2.28. The van der Waals surface area contributed by atoms with E-state index in [9.17, 15) is 14.9 Å². The number of fused-ring (bicyclic) bond motifs is 1. The van der Waals surface area contributed by atoms with E-state index in [-0.39, 0.29) is 11.5 Å². The number of nitrogens with zero attached hydrogens (tertiary/aromatic N) is 2. The number of aromatic nitrogens is 1. The molecule has 1 N–H and O–H groups in total. The predicted molar refractivity (Wildman–Crippen MR) is 111 cm³/mol. The Balaban J connectivity index is 1.88. The van der Waals surface area contributed by atoms with Crippen LogP contribution in [0.5, 0.6) is 0 Å². The number of pyridine rings is 1. The minimum absolute atomic E-state index is 0.116.